The molecule has 1 atom stereocenters. The molecule has 3 rings (SSSR count). The molecular weight excluding hydrogens is 258 g/mol. The molecule has 1 fully saturated rings. The summed E-state index contributed by atoms with van der Waals surface area (Å²) in [5.41, 5.74) is 4.72. The number of anilines is 1. The van der Waals surface area contributed by atoms with Gasteiger partial charge in [0.2, 0.25) is 0 Å². The summed E-state index contributed by atoms with van der Waals surface area (Å²) in [5, 5.41) is 3.46. The lowest BCUT2D eigenvalue weighted by molar-refractivity contribution is 0.199. The van der Waals surface area contributed by atoms with Crippen molar-refractivity contribution in [1.29, 1.82) is 0 Å². The molecule has 1 aromatic rings. The number of likely N-dealkylation sites (N-methyl/N-ethyl adjacent to an activating group) is 1. The van der Waals surface area contributed by atoms with E-state index in [0.29, 0.717) is 0 Å². The fraction of sp³-hybridized carbons (Fsp3) is 0.667. The van der Waals surface area contributed by atoms with Crippen molar-refractivity contribution >= 4 is 5.69 Å². The third-order valence-corrected chi connectivity index (χ3v) is 5.22. The van der Waals surface area contributed by atoms with Crippen LogP contribution >= 0.6 is 0 Å². The molecule has 0 unspecified atom stereocenters. The molecule has 3 heteroatoms. The van der Waals surface area contributed by atoms with Crippen LogP contribution in [0.2, 0.25) is 0 Å². The molecule has 0 bridgehead atoms. The second-order valence-electron chi connectivity index (χ2n) is 6.27. The van der Waals surface area contributed by atoms with Crippen LogP contribution < -0.4 is 10.2 Å². The topological polar surface area (TPSA) is 18.5 Å². The number of piperazine rings is 1. The van der Waals surface area contributed by atoms with Crippen LogP contribution in [0.3, 0.4) is 0 Å². The van der Waals surface area contributed by atoms with E-state index in [1.165, 1.54) is 38.0 Å². The Hall–Kier alpha value is -1.06. The Balaban J connectivity index is 1.85. The van der Waals surface area contributed by atoms with Crippen LogP contribution in [0.25, 0.3) is 0 Å². The maximum Gasteiger partial charge on any atom is 0.0403 e. The van der Waals surface area contributed by atoms with Gasteiger partial charge in [-0.15, -0.1) is 0 Å². The lowest BCUT2D eigenvalue weighted by atomic mass is 9.86. The van der Waals surface area contributed by atoms with E-state index in [-0.39, 0.29) is 0 Å². The highest BCUT2D eigenvalue weighted by molar-refractivity contribution is 5.58. The number of hydrogen-bond donors (Lipinski definition) is 1. The van der Waals surface area contributed by atoms with Gasteiger partial charge in [0.1, 0.15) is 0 Å². The summed E-state index contributed by atoms with van der Waals surface area (Å²) in [7, 11) is 0. The van der Waals surface area contributed by atoms with Gasteiger partial charge in [0, 0.05) is 37.9 Å². The average Bonchev–Trinajstić information content (AvgIpc) is 2.56. The first-order valence-corrected chi connectivity index (χ1v) is 8.64. The molecule has 1 N–H and O–H groups in total. The first kappa shape index (κ1) is 14.9. The van der Waals surface area contributed by atoms with Crippen molar-refractivity contribution in [2.45, 2.75) is 39.2 Å². The zero-order valence-electron chi connectivity index (χ0n) is 13.6. The number of nitrogens with zero attached hydrogens (tertiary/aromatic N) is 2. The molecule has 0 aromatic heterocycles. The van der Waals surface area contributed by atoms with E-state index in [9.17, 15) is 0 Å². The van der Waals surface area contributed by atoms with Gasteiger partial charge in [0.05, 0.1) is 0 Å². The molecule has 1 aromatic carbocycles. The number of hydrogen-bond acceptors (Lipinski definition) is 3. The van der Waals surface area contributed by atoms with Crippen molar-refractivity contribution in [3.05, 3.63) is 29.3 Å². The molecule has 1 saturated heterocycles. The standard InChI is InChI=1S/C18H29N3/c1-3-20(4-2)16-9-8-15-6-5-7-18(17(15)14-16)21-12-10-19-11-13-21/h5-7,16,19H,3-4,8-14H2,1-2H3/t16-/m0/s1. The molecule has 0 amide bonds. The molecule has 21 heavy (non-hydrogen) atoms. The van der Waals surface area contributed by atoms with Crippen molar-refractivity contribution in [2.75, 3.05) is 44.2 Å². The first-order chi connectivity index (χ1) is 10.3. The summed E-state index contributed by atoms with van der Waals surface area (Å²) in [4.78, 5) is 5.22. The smallest absolute Gasteiger partial charge is 0.0403 e. The largest absolute Gasteiger partial charge is 0.369 e. The summed E-state index contributed by atoms with van der Waals surface area (Å²) in [5.74, 6) is 0. The van der Waals surface area contributed by atoms with Crippen LogP contribution in [0.15, 0.2) is 18.2 Å². The van der Waals surface area contributed by atoms with E-state index in [2.05, 4.69) is 47.2 Å². The molecule has 0 spiro atoms. The van der Waals surface area contributed by atoms with E-state index < -0.39 is 0 Å². The third-order valence-electron chi connectivity index (χ3n) is 5.22. The first-order valence-electron chi connectivity index (χ1n) is 8.64. The lowest BCUT2D eigenvalue weighted by Crippen LogP contribution is -2.45. The predicted molar refractivity (Wildman–Crippen MR) is 90.3 cm³/mol. The molecule has 0 radical (unpaired) electrons. The van der Waals surface area contributed by atoms with Gasteiger partial charge >= 0.3 is 0 Å². The minimum Gasteiger partial charge on any atom is -0.369 e. The summed E-state index contributed by atoms with van der Waals surface area (Å²) < 4.78 is 0. The highest BCUT2D eigenvalue weighted by atomic mass is 15.2. The summed E-state index contributed by atoms with van der Waals surface area (Å²) in [6.07, 6.45) is 3.80. The van der Waals surface area contributed by atoms with Gasteiger partial charge in [-0.2, -0.15) is 0 Å². The monoisotopic (exact) mass is 287 g/mol. The third kappa shape index (κ3) is 3.09. The van der Waals surface area contributed by atoms with E-state index in [0.717, 1.165) is 32.2 Å². The van der Waals surface area contributed by atoms with Crippen molar-refractivity contribution in [1.82, 2.24) is 10.2 Å². The highest BCUT2D eigenvalue weighted by Crippen LogP contribution is 2.32. The maximum absolute atomic E-state index is 3.46. The van der Waals surface area contributed by atoms with Gasteiger partial charge in [0.25, 0.3) is 0 Å². The SMILES string of the molecule is CCN(CC)[C@H]1CCc2cccc(N3CCNCC3)c2C1. The Labute approximate surface area is 129 Å². The maximum atomic E-state index is 3.46. The molecular formula is C18H29N3. The Kier molecular flexibility index (Phi) is 4.81. The van der Waals surface area contributed by atoms with E-state index in [1.807, 2.05) is 0 Å². The van der Waals surface area contributed by atoms with Crippen LogP contribution in [0.4, 0.5) is 5.69 Å². The van der Waals surface area contributed by atoms with Crippen molar-refractivity contribution in [3.63, 3.8) is 0 Å². The Morgan fingerprint density at radius 3 is 2.67 bits per heavy atom. The van der Waals surface area contributed by atoms with E-state index in [1.54, 1.807) is 11.1 Å². The van der Waals surface area contributed by atoms with Crippen LogP contribution in [0.5, 0.6) is 0 Å². The Morgan fingerprint density at radius 2 is 1.95 bits per heavy atom. The quantitative estimate of drug-likeness (QED) is 0.917. The van der Waals surface area contributed by atoms with Crippen LogP contribution in [-0.4, -0.2) is 50.2 Å². The van der Waals surface area contributed by atoms with Crippen LogP contribution in [0.1, 0.15) is 31.4 Å². The summed E-state index contributed by atoms with van der Waals surface area (Å²) >= 11 is 0. The number of rotatable bonds is 4. The molecule has 1 aliphatic heterocycles. The van der Waals surface area contributed by atoms with Gasteiger partial charge in [0.15, 0.2) is 0 Å². The molecule has 3 nitrogen and oxygen atoms in total. The summed E-state index contributed by atoms with van der Waals surface area (Å²) in [6.45, 7) is 11.5. The second kappa shape index (κ2) is 6.80. The minimum absolute atomic E-state index is 0.733. The van der Waals surface area contributed by atoms with Gasteiger partial charge in [-0.3, -0.25) is 0 Å². The van der Waals surface area contributed by atoms with E-state index >= 15 is 0 Å². The molecule has 0 saturated carbocycles. The van der Waals surface area contributed by atoms with Crippen molar-refractivity contribution in [3.8, 4) is 0 Å². The fourth-order valence-electron chi connectivity index (χ4n) is 4.00. The fourth-order valence-corrected chi connectivity index (χ4v) is 4.00. The van der Waals surface area contributed by atoms with Crippen LogP contribution in [-0.2, 0) is 12.8 Å². The molecule has 1 heterocycles. The number of aryl methyl sites for hydroxylation is 1. The number of benzene rings is 1. The Morgan fingerprint density at radius 1 is 1.19 bits per heavy atom. The van der Waals surface area contributed by atoms with Gasteiger partial charge in [-0.25, -0.2) is 0 Å². The Bertz CT molecular complexity index is 462. The highest BCUT2D eigenvalue weighted by Gasteiger charge is 2.26. The number of nitrogens with one attached hydrogen (secondary N) is 1. The normalized spacial score (nSPS) is 22.4. The van der Waals surface area contributed by atoms with Gasteiger partial charge in [-0.1, -0.05) is 26.0 Å². The van der Waals surface area contributed by atoms with Gasteiger partial charge in [-0.05, 0) is 49.5 Å². The lowest BCUT2D eigenvalue weighted by Gasteiger charge is -2.37. The zero-order chi connectivity index (χ0) is 14.7. The zero-order valence-corrected chi connectivity index (χ0v) is 13.6. The van der Waals surface area contributed by atoms with Crippen LogP contribution in [0, 0.1) is 0 Å². The summed E-state index contributed by atoms with van der Waals surface area (Å²) in [6, 6.07) is 7.68. The molecule has 1 aliphatic carbocycles. The minimum atomic E-state index is 0.733. The van der Waals surface area contributed by atoms with Gasteiger partial charge < -0.3 is 15.1 Å². The van der Waals surface area contributed by atoms with Crippen molar-refractivity contribution in [2.24, 2.45) is 0 Å². The average molecular weight is 287 g/mol. The number of fused-ring (bicyclic) bond motifs is 1. The second-order valence-corrected chi connectivity index (χ2v) is 6.27. The van der Waals surface area contributed by atoms with E-state index in [4.69, 9.17) is 0 Å². The molecule has 2 aliphatic rings. The predicted octanol–water partition coefficient (Wildman–Crippen LogP) is 2.30. The molecule has 116 valence electrons. The van der Waals surface area contributed by atoms with Crippen molar-refractivity contribution < 1.29 is 0 Å².